The quantitative estimate of drug-likeness (QED) is 0.160. The minimum absolute atomic E-state index is 0.0593. The summed E-state index contributed by atoms with van der Waals surface area (Å²) in [4.78, 5) is 2.16. The fraction of sp³-hybridized carbons (Fsp3) is 0.241. The Balaban J connectivity index is 0.927. The molecular weight excluding hydrogens is 792 g/mol. The van der Waals surface area contributed by atoms with E-state index in [9.17, 15) is 9.50 Å². The van der Waals surface area contributed by atoms with E-state index in [2.05, 4.69) is 132 Å². The number of rotatable bonds is 8. The number of furan rings is 2. The number of nitrogens with one attached hydrogen (secondary N) is 1. The van der Waals surface area contributed by atoms with E-state index in [1.165, 1.54) is 69.1 Å². The number of halogens is 1. The molecule has 0 bridgehead atoms. The molecule has 1 atom stereocenters. The zero-order valence-electron chi connectivity index (χ0n) is 36.0. The maximum Gasteiger partial charge on any atom is 0.159 e. The summed E-state index contributed by atoms with van der Waals surface area (Å²) in [6.07, 6.45) is 19.4. The van der Waals surface area contributed by atoms with Gasteiger partial charge in [-0.25, -0.2) is 4.39 Å². The number of benzene rings is 7. The fourth-order valence-corrected chi connectivity index (χ4v) is 11.4. The van der Waals surface area contributed by atoms with Gasteiger partial charge in [-0.3, -0.25) is 0 Å². The molecule has 0 amide bonds. The first-order chi connectivity index (χ1) is 31.6. The predicted molar refractivity (Wildman–Crippen MR) is 261 cm³/mol. The average molecular weight is 843 g/mol. The van der Waals surface area contributed by atoms with E-state index in [4.69, 9.17) is 8.83 Å². The number of aromatic hydroxyl groups is 1. The summed E-state index contributed by atoms with van der Waals surface area (Å²) in [5.74, 6) is 1.17. The minimum Gasteiger partial charge on any atom is -0.507 e. The lowest BCUT2D eigenvalue weighted by Gasteiger charge is -2.26. The molecule has 1 unspecified atom stereocenters. The van der Waals surface area contributed by atoms with Gasteiger partial charge in [-0.1, -0.05) is 123 Å². The summed E-state index contributed by atoms with van der Waals surface area (Å²) in [6.45, 7) is 0. The monoisotopic (exact) mass is 842 g/mol. The van der Waals surface area contributed by atoms with Crippen molar-refractivity contribution < 1.29 is 18.3 Å². The van der Waals surface area contributed by atoms with Crippen molar-refractivity contribution in [2.75, 3.05) is 10.2 Å². The molecule has 0 aliphatic heterocycles. The third-order valence-corrected chi connectivity index (χ3v) is 14.5. The van der Waals surface area contributed by atoms with Crippen LogP contribution in [0.1, 0.15) is 105 Å². The summed E-state index contributed by atoms with van der Waals surface area (Å²) in [7, 11) is 0. The van der Waals surface area contributed by atoms with Gasteiger partial charge in [0.1, 0.15) is 28.3 Å². The lowest BCUT2D eigenvalue weighted by molar-refractivity contribution is 0.410. The lowest BCUT2D eigenvalue weighted by atomic mass is 9.81. The number of para-hydroxylation sites is 3. The smallest absolute Gasteiger partial charge is 0.159 e. The number of allylic oxidation sites excluding steroid dienone is 4. The molecule has 12 rings (SSSR count). The summed E-state index contributed by atoms with van der Waals surface area (Å²) < 4.78 is 28.3. The molecule has 2 aromatic heterocycles. The van der Waals surface area contributed by atoms with Crippen molar-refractivity contribution in [3.8, 4) is 5.75 Å². The molecule has 0 spiro atoms. The maximum atomic E-state index is 14.5. The second-order valence-corrected chi connectivity index (χ2v) is 18.4. The van der Waals surface area contributed by atoms with Crippen molar-refractivity contribution in [3.05, 3.63) is 174 Å². The van der Waals surface area contributed by atoms with Crippen LogP contribution in [0.2, 0.25) is 0 Å². The van der Waals surface area contributed by atoms with E-state index < -0.39 is 0 Å². The van der Waals surface area contributed by atoms with Crippen LogP contribution in [-0.4, -0.2) is 5.11 Å². The molecule has 7 aromatic carbocycles. The Morgan fingerprint density at radius 1 is 0.562 bits per heavy atom. The van der Waals surface area contributed by atoms with Gasteiger partial charge in [-0.2, -0.15) is 0 Å². The highest BCUT2D eigenvalue weighted by molar-refractivity contribution is 6.22. The summed E-state index contributed by atoms with van der Waals surface area (Å²) >= 11 is 0. The van der Waals surface area contributed by atoms with Crippen molar-refractivity contribution in [3.63, 3.8) is 0 Å². The molecule has 3 aliphatic rings. The van der Waals surface area contributed by atoms with Crippen LogP contribution in [0.4, 0.5) is 27.1 Å². The van der Waals surface area contributed by atoms with Gasteiger partial charge < -0.3 is 24.2 Å². The van der Waals surface area contributed by atoms with Crippen LogP contribution in [0.15, 0.2) is 160 Å². The molecule has 9 aromatic rings. The Labute approximate surface area is 372 Å². The number of phenols is 1. The number of nitrogens with zero attached hydrogens (tertiary/aromatic N) is 1. The highest BCUT2D eigenvalue weighted by atomic mass is 19.1. The normalized spacial score (nSPS) is 17.5. The zero-order chi connectivity index (χ0) is 42.7. The van der Waals surface area contributed by atoms with Gasteiger partial charge in [-0.15, -0.1) is 0 Å². The first-order valence-electron chi connectivity index (χ1n) is 23.4. The van der Waals surface area contributed by atoms with Crippen LogP contribution in [0.25, 0.3) is 54.6 Å². The van der Waals surface area contributed by atoms with Gasteiger partial charge in [-0.05, 0) is 109 Å². The molecule has 0 saturated heterocycles. The van der Waals surface area contributed by atoms with Gasteiger partial charge >= 0.3 is 0 Å². The Morgan fingerprint density at radius 2 is 1.22 bits per heavy atom. The molecule has 64 heavy (non-hydrogen) atoms. The van der Waals surface area contributed by atoms with E-state index in [-0.39, 0.29) is 11.7 Å². The van der Waals surface area contributed by atoms with Crippen LogP contribution in [-0.2, 0) is 0 Å². The SMILES string of the molecule is Oc1c(C2C=CC=C(Nc3cc4oc5cc(N(c6ccc(F)cc6)c6cccc7c6oc6c(C8CCCCC8)cccc67)ccc5c4c4ccccc34)C2)cccc1C1CCCCC1. The number of anilines is 4. The van der Waals surface area contributed by atoms with E-state index >= 15 is 0 Å². The third kappa shape index (κ3) is 6.73. The standard InChI is InChI=1S/C58H51FN2O3/c59-39-27-29-41(30-28-39)61(52-26-12-25-49-48-24-11-23-45(57(48)64-58(49)52)37-15-5-2-6-16-37)42-31-32-50-53(34-42)63-54-35-51(46-19-7-8-20-47(46)55(50)54)60-40-18-9-17-38(33-40)44-22-10-21-43(56(44)62)36-13-3-1-4-14-36/h7-12,17-32,34-38,60,62H,1-6,13-16,33H2. The van der Waals surface area contributed by atoms with Gasteiger partial charge in [0.25, 0.3) is 0 Å². The lowest BCUT2D eigenvalue weighted by Crippen LogP contribution is -2.10. The number of fused-ring (bicyclic) bond motifs is 8. The van der Waals surface area contributed by atoms with Crippen LogP contribution < -0.4 is 10.2 Å². The topological polar surface area (TPSA) is 61.8 Å². The Bertz CT molecular complexity index is 3290. The Hall–Kier alpha value is -6.79. The Morgan fingerprint density at radius 3 is 2.02 bits per heavy atom. The summed E-state index contributed by atoms with van der Waals surface area (Å²) in [5.41, 5.74) is 11.3. The Kier molecular flexibility index (Phi) is 9.76. The molecule has 5 nitrogen and oxygen atoms in total. The van der Waals surface area contributed by atoms with Crippen LogP contribution in [0, 0.1) is 5.82 Å². The third-order valence-electron chi connectivity index (χ3n) is 14.5. The van der Waals surface area contributed by atoms with Crippen LogP contribution in [0.3, 0.4) is 0 Å². The molecule has 2 N–H and O–H groups in total. The van der Waals surface area contributed by atoms with Crippen LogP contribution in [0.5, 0.6) is 5.75 Å². The molecule has 2 saturated carbocycles. The van der Waals surface area contributed by atoms with Gasteiger partial charge in [0.05, 0.1) is 11.4 Å². The van der Waals surface area contributed by atoms with Crippen molar-refractivity contribution in [2.45, 2.75) is 88.4 Å². The van der Waals surface area contributed by atoms with E-state index in [1.54, 1.807) is 0 Å². The van der Waals surface area contributed by atoms with Crippen LogP contribution >= 0.6 is 0 Å². The fourth-order valence-electron chi connectivity index (χ4n) is 11.4. The molecule has 318 valence electrons. The maximum absolute atomic E-state index is 14.5. The minimum atomic E-state index is -0.288. The summed E-state index contributed by atoms with van der Waals surface area (Å²) in [6, 6.07) is 43.0. The number of hydrogen-bond donors (Lipinski definition) is 2. The summed E-state index contributed by atoms with van der Waals surface area (Å²) in [5, 5.41) is 21.9. The molecule has 6 heteroatoms. The molecular formula is C58H51FN2O3. The zero-order valence-corrected chi connectivity index (χ0v) is 36.0. The first kappa shape index (κ1) is 38.9. The van der Waals surface area contributed by atoms with Gasteiger partial charge in [0.2, 0.25) is 0 Å². The number of phenolic OH excluding ortho intramolecular Hbond substituents is 1. The second-order valence-electron chi connectivity index (χ2n) is 18.4. The van der Waals surface area contributed by atoms with E-state index in [0.717, 1.165) is 113 Å². The predicted octanol–water partition coefficient (Wildman–Crippen LogP) is 17.1. The molecule has 2 heterocycles. The van der Waals surface area contributed by atoms with E-state index in [0.29, 0.717) is 17.6 Å². The molecule has 0 radical (unpaired) electrons. The van der Waals surface area contributed by atoms with Crippen molar-refractivity contribution in [1.29, 1.82) is 0 Å². The van der Waals surface area contributed by atoms with Gasteiger partial charge in [0, 0.05) is 67.6 Å². The average Bonchev–Trinajstić information content (AvgIpc) is 3.92. The van der Waals surface area contributed by atoms with Crippen molar-refractivity contribution in [2.24, 2.45) is 0 Å². The first-order valence-corrected chi connectivity index (χ1v) is 23.4. The van der Waals surface area contributed by atoms with Crippen molar-refractivity contribution in [1.82, 2.24) is 0 Å². The number of hydrogen-bond acceptors (Lipinski definition) is 5. The molecule has 2 fully saturated rings. The second kappa shape index (κ2) is 16.1. The highest BCUT2D eigenvalue weighted by Crippen LogP contribution is 2.48. The highest BCUT2D eigenvalue weighted by Gasteiger charge is 2.27. The van der Waals surface area contributed by atoms with Gasteiger partial charge in [0.15, 0.2) is 5.58 Å². The molecule has 3 aliphatic carbocycles. The largest absolute Gasteiger partial charge is 0.507 e. The van der Waals surface area contributed by atoms with Crippen molar-refractivity contribution >= 4 is 77.4 Å². The van der Waals surface area contributed by atoms with E-state index in [1.807, 2.05) is 12.1 Å².